The molecule has 276 valence electrons. The number of rotatable bonds is 8. The van der Waals surface area contributed by atoms with Crippen molar-refractivity contribution in [1.29, 1.82) is 0 Å². The van der Waals surface area contributed by atoms with E-state index >= 15 is 0 Å². The number of carbonyl (C=O) groups is 2. The molecule has 2 aliphatic heterocycles. The minimum atomic E-state index is -4.34. The van der Waals surface area contributed by atoms with Gasteiger partial charge in [0.2, 0.25) is 6.41 Å². The van der Waals surface area contributed by atoms with Crippen LogP contribution in [-0.4, -0.2) is 75.0 Å². The van der Waals surface area contributed by atoms with Crippen LogP contribution in [-0.2, 0) is 14.3 Å². The number of aryl methyl sites for hydroxylation is 1. The molecule has 49 heavy (non-hydrogen) atoms. The first kappa shape index (κ1) is 39.5. The van der Waals surface area contributed by atoms with Crippen LogP contribution in [0.15, 0.2) is 12.1 Å². The first-order valence-corrected chi connectivity index (χ1v) is 18.8. The van der Waals surface area contributed by atoms with Crippen molar-refractivity contribution >= 4 is 34.2 Å². The van der Waals surface area contributed by atoms with Crippen molar-refractivity contribution in [3.63, 3.8) is 0 Å². The van der Waals surface area contributed by atoms with Crippen LogP contribution in [0, 0.1) is 36.5 Å². The highest BCUT2D eigenvalue weighted by Crippen LogP contribution is 2.54. The lowest BCUT2D eigenvalue weighted by Gasteiger charge is -2.29. The number of carbonyl (C=O) groups excluding carboxylic acids is 2. The number of aromatic nitrogens is 1. The van der Waals surface area contributed by atoms with Gasteiger partial charge in [-0.25, -0.2) is 4.98 Å². The fourth-order valence-electron chi connectivity index (χ4n) is 8.68. The maximum Gasteiger partial charge on any atom is 0.417 e. The zero-order valence-corrected chi connectivity index (χ0v) is 30.8. The number of hydrogen-bond donors (Lipinski definition) is 2. The topological polar surface area (TPSA) is 98.8 Å². The molecule has 8 atom stereocenters. The quantitative estimate of drug-likeness (QED) is 0.269. The molecule has 8 unspecified atom stereocenters. The summed E-state index contributed by atoms with van der Waals surface area (Å²) in [7, 11) is 3.67. The number of hydrogen-bond acceptors (Lipinski definition) is 8. The van der Waals surface area contributed by atoms with Gasteiger partial charge in [0.1, 0.15) is 5.75 Å². The van der Waals surface area contributed by atoms with E-state index in [1.807, 2.05) is 13.0 Å². The van der Waals surface area contributed by atoms with Crippen molar-refractivity contribution in [2.45, 2.75) is 115 Å². The second-order valence-electron chi connectivity index (χ2n) is 14.6. The fourth-order valence-corrected chi connectivity index (χ4v) is 9.59. The molecule has 3 saturated carbocycles. The lowest BCUT2D eigenvalue weighted by Crippen LogP contribution is -2.44. The van der Waals surface area contributed by atoms with Gasteiger partial charge in [0.15, 0.2) is 11.9 Å². The van der Waals surface area contributed by atoms with Crippen LogP contribution in [0.5, 0.6) is 5.75 Å². The van der Waals surface area contributed by atoms with Gasteiger partial charge in [0.05, 0.1) is 40.0 Å². The first-order valence-electron chi connectivity index (χ1n) is 17.9. The van der Waals surface area contributed by atoms with Crippen molar-refractivity contribution in [1.82, 2.24) is 15.6 Å². The van der Waals surface area contributed by atoms with E-state index in [-0.39, 0.29) is 19.4 Å². The molecule has 3 aliphatic carbocycles. The molecule has 1 aromatic carbocycles. The van der Waals surface area contributed by atoms with Crippen molar-refractivity contribution in [2.75, 3.05) is 34.0 Å². The van der Waals surface area contributed by atoms with Gasteiger partial charge in [-0.3, -0.25) is 9.59 Å². The molecule has 1 amide bonds. The highest BCUT2D eigenvalue weighted by atomic mass is 32.1. The van der Waals surface area contributed by atoms with Crippen LogP contribution < -0.4 is 15.4 Å². The number of fused-ring (bicyclic) bond motifs is 5. The summed E-state index contributed by atoms with van der Waals surface area (Å²) in [6.07, 6.45) is 6.92. The lowest BCUT2D eigenvalue weighted by molar-refractivity contribution is -0.265. The molecule has 8 nitrogen and oxygen atoms in total. The van der Waals surface area contributed by atoms with Crippen molar-refractivity contribution in [3.05, 3.63) is 22.7 Å². The standard InChI is InChI=1S/C10H9NO2S.C10H20O.C9H17N.C8H10F3NO2/c1-6-11-8-3-4-9(13-2)7(5-12)10(8)14-6;1-3-5-10-6-9(4-2)7-11-8-10;1-6-7-3-4-8(5-7)9(6)10-2;9-8(10,11)7-2-1-6(3-7,4-14-7)12-5-13/h3-5H,1-2H3;9-10H,3-8H2,1-2H3;6-10H,3-5H2,1-2H3;5H,1-4H2,(H,12,13). The molecule has 2 saturated heterocycles. The number of methoxy groups -OCH3 is 1. The molecular formula is C37H56F3N3O5S. The van der Waals surface area contributed by atoms with Gasteiger partial charge in [-0.15, -0.1) is 11.3 Å². The van der Waals surface area contributed by atoms with Crippen LogP contribution in [0.4, 0.5) is 13.2 Å². The molecule has 12 heteroatoms. The average molecular weight is 712 g/mol. The Hall–Kier alpha value is -2.28. The number of benzene rings is 1. The van der Waals surface area contributed by atoms with E-state index in [9.17, 15) is 22.8 Å². The Labute approximate surface area is 293 Å². The number of amides is 1. The summed E-state index contributed by atoms with van der Waals surface area (Å²) in [5.41, 5.74) is -1.34. The molecule has 5 fully saturated rings. The Balaban J connectivity index is 0.000000149. The van der Waals surface area contributed by atoms with Crippen molar-refractivity contribution in [2.24, 2.45) is 29.6 Å². The number of aldehydes is 1. The highest BCUT2D eigenvalue weighted by molar-refractivity contribution is 7.18. The molecule has 2 N–H and O–H groups in total. The zero-order chi connectivity index (χ0) is 35.8. The minimum Gasteiger partial charge on any atom is -0.496 e. The van der Waals surface area contributed by atoms with Crippen LogP contribution in [0.25, 0.3) is 10.2 Å². The fraction of sp³-hybridized carbons (Fsp3) is 0.757. The number of nitrogens with zero attached hydrogens (tertiary/aromatic N) is 1. The SMILES string of the molecule is CCCC1COCC(CC)C1.CNC1C2CCC(C2)C1C.COc1ccc2nc(C)sc2c1C=O.O=CNC12CCC(C(F)(F)F)(C1)OC2. The summed E-state index contributed by atoms with van der Waals surface area (Å²) >= 11 is 1.51. The monoisotopic (exact) mass is 711 g/mol. The Morgan fingerprint density at radius 1 is 1.10 bits per heavy atom. The lowest BCUT2D eigenvalue weighted by atomic mass is 9.86. The van der Waals surface area contributed by atoms with Crippen LogP contribution in [0.2, 0.25) is 0 Å². The molecule has 1 aromatic heterocycles. The van der Waals surface area contributed by atoms with Crippen molar-refractivity contribution < 1.29 is 37.0 Å². The highest BCUT2D eigenvalue weighted by Gasteiger charge is 2.68. The maximum atomic E-state index is 12.6. The molecular weight excluding hydrogens is 655 g/mol. The van der Waals surface area contributed by atoms with E-state index in [1.54, 1.807) is 13.2 Å². The summed E-state index contributed by atoms with van der Waals surface area (Å²) in [6, 6.07) is 4.48. The Bertz CT molecular complexity index is 1360. The van der Waals surface area contributed by atoms with E-state index in [0.29, 0.717) is 24.1 Å². The predicted octanol–water partition coefficient (Wildman–Crippen LogP) is 7.90. The maximum absolute atomic E-state index is 12.6. The van der Waals surface area contributed by atoms with Gasteiger partial charge in [-0.1, -0.05) is 33.6 Å². The number of alkyl halides is 3. The summed E-state index contributed by atoms with van der Waals surface area (Å²) in [6.45, 7) is 10.8. The molecule has 5 aliphatic rings. The summed E-state index contributed by atoms with van der Waals surface area (Å²) in [5, 5.41) is 6.84. The predicted molar refractivity (Wildman–Crippen MR) is 187 cm³/mol. The van der Waals surface area contributed by atoms with E-state index in [1.165, 1.54) is 56.3 Å². The van der Waals surface area contributed by atoms with Crippen molar-refractivity contribution in [3.8, 4) is 5.75 Å². The Morgan fingerprint density at radius 3 is 2.35 bits per heavy atom. The summed E-state index contributed by atoms with van der Waals surface area (Å²) in [5.74, 6) is 5.34. The first-order chi connectivity index (χ1) is 23.4. The third-order valence-corrected chi connectivity index (χ3v) is 12.5. The second kappa shape index (κ2) is 17.3. The molecule has 2 aromatic rings. The van der Waals surface area contributed by atoms with Crippen LogP contribution >= 0.6 is 11.3 Å². The van der Waals surface area contributed by atoms with E-state index in [4.69, 9.17) is 14.2 Å². The molecule has 0 radical (unpaired) electrons. The summed E-state index contributed by atoms with van der Waals surface area (Å²) < 4.78 is 54.2. The largest absolute Gasteiger partial charge is 0.496 e. The zero-order valence-electron chi connectivity index (χ0n) is 30.0. The van der Waals surface area contributed by atoms with Gasteiger partial charge >= 0.3 is 6.18 Å². The summed E-state index contributed by atoms with van der Waals surface area (Å²) in [4.78, 5) is 25.5. The van der Waals surface area contributed by atoms with E-state index in [2.05, 4.69) is 43.4 Å². The van der Waals surface area contributed by atoms with E-state index in [0.717, 1.165) is 70.4 Å². The Morgan fingerprint density at radius 2 is 1.84 bits per heavy atom. The van der Waals surface area contributed by atoms with Gasteiger partial charge in [0, 0.05) is 25.7 Å². The molecule has 0 spiro atoms. The van der Waals surface area contributed by atoms with Gasteiger partial charge in [0.25, 0.3) is 0 Å². The second-order valence-corrected chi connectivity index (χ2v) is 15.8. The Kier molecular flexibility index (Phi) is 13.9. The van der Waals surface area contributed by atoms with Crippen LogP contribution in [0.3, 0.4) is 0 Å². The van der Waals surface area contributed by atoms with Gasteiger partial charge in [-0.05, 0) is 101 Å². The molecule has 7 rings (SSSR count). The molecule has 3 heterocycles. The third-order valence-electron chi connectivity index (χ3n) is 11.5. The number of ether oxygens (including phenoxy) is 3. The normalized spacial score (nSPS) is 32.7. The van der Waals surface area contributed by atoms with Gasteiger partial charge < -0.3 is 24.8 Å². The number of nitrogens with one attached hydrogen (secondary N) is 2. The minimum absolute atomic E-state index is 0.0365. The van der Waals surface area contributed by atoms with E-state index < -0.39 is 17.3 Å². The average Bonchev–Trinajstić information content (AvgIpc) is 3.92. The van der Waals surface area contributed by atoms with Gasteiger partial charge in [-0.2, -0.15) is 13.2 Å². The number of halogens is 3. The number of thiazole rings is 1. The van der Waals surface area contributed by atoms with Crippen LogP contribution in [0.1, 0.15) is 100 Å². The molecule has 4 bridgehead atoms. The third kappa shape index (κ3) is 9.15. The smallest absolute Gasteiger partial charge is 0.417 e.